The third-order valence-electron chi connectivity index (χ3n) is 4.99. The Kier molecular flexibility index (Phi) is 4.26. The van der Waals surface area contributed by atoms with Crippen LogP contribution in [0.5, 0.6) is 0 Å². The summed E-state index contributed by atoms with van der Waals surface area (Å²) in [6.07, 6.45) is 6.50. The van der Waals surface area contributed by atoms with E-state index in [1.807, 2.05) is 6.92 Å². The second-order valence-corrected chi connectivity index (χ2v) is 7.19. The highest BCUT2D eigenvalue weighted by Crippen LogP contribution is 2.38. The fraction of sp³-hybridized carbons (Fsp3) is 0.611. The number of fused-ring (bicyclic) bond motifs is 1. The summed E-state index contributed by atoms with van der Waals surface area (Å²) < 4.78 is 2.43. The van der Waals surface area contributed by atoms with E-state index in [1.54, 1.807) is 0 Å². The number of rotatable bonds is 3. The molecule has 1 saturated carbocycles. The molecule has 114 valence electrons. The molecular weight excluding hydrogens is 280 g/mol. The van der Waals surface area contributed by atoms with Crippen molar-refractivity contribution in [3.05, 3.63) is 29.6 Å². The third kappa shape index (κ3) is 2.83. The Hall–Kier alpha value is -1.02. The second-order valence-electron chi connectivity index (χ2n) is 6.53. The van der Waals surface area contributed by atoms with E-state index >= 15 is 0 Å². The third-order valence-corrected chi connectivity index (χ3v) is 5.18. The molecule has 3 heteroatoms. The number of aryl methyl sites for hydroxylation is 1. The summed E-state index contributed by atoms with van der Waals surface area (Å²) in [5.74, 6) is 1.95. The molecule has 1 fully saturated rings. The lowest BCUT2D eigenvalue weighted by Gasteiger charge is -2.30. The summed E-state index contributed by atoms with van der Waals surface area (Å²) in [5, 5.41) is -0.0402. The Morgan fingerprint density at radius 1 is 1.29 bits per heavy atom. The van der Waals surface area contributed by atoms with E-state index in [4.69, 9.17) is 16.6 Å². The molecular formula is C18H25ClN2. The molecule has 0 aliphatic heterocycles. The first-order valence-electron chi connectivity index (χ1n) is 8.22. The Morgan fingerprint density at radius 2 is 2.00 bits per heavy atom. The van der Waals surface area contributed by atoms with E-state index in [0.29, 0.717) is 6.04 Å². The van der Waals surface area contributed by atoms with Gasteiger partial charge >= 0.3 is 0 Å². The minimum Gasteiger partial charge on any atom is -0.324 e. The lowest BCUT2D eigenvalue weighted by Crippen LogP contribution is -2.19. The van der Waals surface area contributed by atoms with Crippen LogP contribution >= 0.6 is 11.6 Å². The zero-order valence-corrected chi connectivity index (χ0v) is 14.0. The molecule has 1 aromatic heterocycles. The van der Waals surface area contributed by atoms with Crippen LogP contribution in [0.1, 0.15) is 68.8 Å². The van der Waals surface area contributed by atoms with Crippen LogP contribution in [0.4, 0.5) is 0 Å². The molecule has 0 N–H and O–H groups in total. The Morgan fingerprint density at radius 3 is 2.62 bits per heavy atom. The monoisotopic (exact) mass is 304 g/mol. The van der Waals surface area contributed by atoms with Crippen molar-refractivity contribution in [1.29, 1.82) is 0 Å². The average Bonchev–Trinajstić information content (AvgIpc) is 2.86. The number of aromatic nitrogens is 2. The van der Waals surface area contributed by atoms with Crippen LogP contribution in [0, 0.1) is 12.8 Å². The first-order chi connectivity index (χ1) is 10.1. The smallest absolute Gasteiger partial charge is 0.127 e. The standard InChI is InChI=1S/C18H25ClN2/c1-4-14-6-8-15(9-7-14)21-17-10-5-12(2)11-16(17)20-18(21)13(3)19/h5,10-11,13-15H,4,6-9H2,1-3H3. The molecule has 0 radical (unpaired) electrons. The highest BCUT2D eigenvalue weighted by atomic mass is 35.5. The minimum absolute atomic E-state index is 0.0402. The van der Waals surface area contributed by atoms with Crippen molar-refractivity contribution >= 4 is 22.6 Å². The summed E-state index contributed by atoms with van der Waals surface area (Å²) in [6.45, 7) is 6.46. The van der Waals surface area contributed by atoms with Crippen LogP contribution in [-0.2, 0) is 0 Å². The topological polar surface area (TPSA) is 17.8 Å². The molecule has 0 saturated heterocycles. The summed E-state index contributed by atoms with van der Waals surface area (Å²) >= 11 is 6.41. The summed E-state index contributed by atoms with van der Waals surface area (Å²) in [6, 6.07) is 7.14. The van der Waals surface area contributed by atoms with Gasteiger partial charge in [-0.25, -0.2) is 4.98 Å². The van der Waals surface area contributed by atoms with Crippen molar-refractivity contribution in [2.45, 2.75) is 64.3 Å². The molecule has 21 heavy (non-hydrogen) atoms. The normalized spacial score (nSPS) is 24.4. The lowest BCUT2D eigenvalue weighted by atomic mass is 9.84. The molecule has 3 rings (SSSR count). The van der Waals surface area contributed by atoms with Gasteiger partial charge < -0.3 is 4.57 Å². The maximum absolute atomic E-state index is 6.41. The maximum Gasteiger partial charge on any atom is 0.127 e. The molecule has 1 atom stereocenters. The van der Waals surface area contributed by atoms with Crippen molar-refractivity contribution in [3.63, 3.8) is 0 Å². The first kappa shape index (κ1) is 14.9. The fourth-order valence-corrected chi connectivity index (χ4v) is 3.86. The lowest BCUT2D eigenvalue weighted by molar-refractivity contribution is 0.269. The molecule has 1 unspecified atom stereocenters. The van der Waals surface area contributed by atoms with E-state index in [0.717, 1.165) is 17.3 Å². The minimum atomic E-state index is -0.0402. The quantitative estimate of drug-likeness (QED) is 0.657. The van der Waals surface area contributed by atoms with Crippen molar-refractivity contribution in [1.82, 2.24) is 9.55 Å². The molecule has 1 aromatic carbocycles. The number of hydrogen-bond acceptors (Lipinski definition) is 1. The number of benzene rings is 1. The van der Waals surface area contributed by atoms with E-state index in [1.165, 1.54) is 43.2 Å². The Bertz CT molecular complexity index is 621. The SMILES string of the molecule is CCC1CCC(n2c(C(C)Cl)nc3cc(C)ccc32)CC1. The summed E-state index contributed by atoms with van der Waals surface area (Å²) in [4.78, 5) is 4.82. The zero-order chi connectivity index (χ0) is 15.0. The summed E-state index contributed by atoms with van der Waals surface area (Å²) in [5.41, 5.74) is 3.61. The zero-order valence-electron chi connectivity index (χ0n) is 13.3. The first-order valence-corrected chi connectivity index (χ1v) is 8.66. The van der Waals surface area contributed by atoms with Gasteiger partial charge in [0.25, 0.3) is 0 Å². The van der Waals surface area contributed by atoms with Gasteiger partial charge in [0.2, 0.25) is 0 Å². The van der Waals surface area contributed by atoms with Gasteiger partial charge in [-0.3, -0.25) is 0 Å². The molecule has 1 heterocycles. The van der Waals surface area contributed by atoms with Gasteiger partial charge in [-0.1, -0.05) is 19.4 Å². The fourth-order valence-electron chi connectivity index (χ4n) is 3.70. The van der Waals surface area contributed by atoms with Crippen LogP contribution in [-0.4, -0.2) is 9.55 Å². The van der Waals surface area contributed by atoms with Crippen LogP contribution in [0.15, 0.2) is 18.2 Å². The molecule has 1 aliphatic carbocycles. The van der Waals surface area contributed by atoms with Gasteiger partial charge in [-0.15, -0.1) is 11.6 Å². The highest BCUT2D eigenvalue weighted by Gasteiger charge is 2.26. The summed E-state index contributed by atoms with van der Waals surface area (Å²) in [7, 11) is 0. The molecule has 2 nitrogen and oxygen atoms in total. The Labute approximate surface area is 132 Å². The van der Waals surface area contributed by atoms with E-state index in [9.17, 15) is 0 Å². The van der Waals surface area contributed by atoms with E-state index in [-0.39, 0.29) is 5.38 Å². The van der Waals surface area contributed by atoms with Crippen molar-refractivity contribution in [3.8, 4) is 0 Å². The van der Waals surface area contributed by atoms with Crippen LogP contribution < -0.4 is 0 Å². The van der Waals surface area contributed by atoms with Gasteiger partial charge in [-0.2, -0.15) is 0 Å². The number of halogens is 1. The maximum atomic E-state index is 6.41. The average molecular weight is 305 g/mol. The van der Waals surface area contributed by atoms with Crippen molar-refractivity contribution in [2.24, 2.45) is 5.92 Å². The molecule has 0 spiro atoms. The number of imidazole rings is 1. The van der Waals surface area contributed by atoms with Gasteiger partial charge in [0.15, 0.2) is 0 Å². The molecule has 0 amide bonds. The number of hydrogen-bond donors (Lipinski definition) is 0. The van der Waals surface area contributed by atoms with Crippen LogP contribution in [0.2, 0.25) is 0 Å². The largest absolute Gasteiger partial charge is 0.324 e. The van der Waals surface area contributed by atoms with Gasteiger partial charge in [0.05, 0.1) is 16.4 Å². The van der Waals surface area contributed by atoms with Gasteiger partial charge in [0.1, 0.15) is 5.82 Å². The van der Waals surface area contributed by atoms with Crippen LogP contribution in [0.25, 0.3) is 11.0 Å². The molecule has 0 bridgehead atoms. The van der Waals surface area contributed by atoms with Crippen molar-refractivity contribution < 1.29 is 0 Å². The highest BCUT2D eigenvalue weighted by molar-refractivity contribution is 6.20. The predicted octanol–water partition coefficient (Wildman–Crippen LogP) is 5.79. The van der Waals surface area contributed by atoms with Crippen LogP contribution in [0.3, 0.4) is 0 Å². The number of nitrogens with zero attached hydrogens (tertiary/aromatic N) is 2. The van der Waals surface area contributed by atoms with E-state index < -0.39 is 0 Å². The second kappa shape index (κ2) is 6.00. The van der Waals surface area contributed by atoms with Crippen molar-refractivity contribution in [2.75, 3.05) is 0 Å². The molecule has 1 aliphatic rings. The van der Waals surface area contributed by atoms with Gasteiger partial charge in [-0.05, 0) is 63.1 Å². The number of alkyl halides is 1. The predicted molar refractivity (Wildman–Crippen MR) is 90.0 cm³/mol. The van der Waals surface area contributed by atoms with E-state index in [2.05, 4.69) is 36.6 Å². The Balaban J connectivity index is 2.02. The molecule has 2 aromatic rings. The van der Waals surface area contributed by atoms with Gasteiger partial charge in [0, 0.05) is 6.04 Å².